The minimum atomic E-state index is -3.95. The van der Waals surface area contributed by atoms with Crippen LogP contribution in [0.1, 0.15) is 25.3 Å². The summed E-state index contributed by atoms with van der Waals surface area (Å²) in [4.78, 5) is 28.8. The molecular formula is C22H25N3O7S3. The number of nitrogens with two attached hydrogens (primary N) is 1. The lowest BCUT2D eigenvalue weighted by molar-refractivity contribution is -0.143. The van der Waals surface area contributed by atoms with Gasteiger partial charge in [-0.15, -0.1) is 0 Å². The zero-order valence-corrected chi connectivity index (χ0v) is 21.6. The molecule has 0 bridgehead atoms. The van der Waals surface area contributed by atoms with Crippen LogP contribution in [0.15, 0.2) is 57.2 Å². The van der Waals surface area contributed by atoms with Crippen LogP contribution >= 0.6 is 11.3 Å². The Morgan fingerprint density at radius 2 is 1.69 bits per heavy atom. The van der Waals surface area contributed by atoms with Gasteiger partial charge in [-0.3, -0.25) is 9.59 Å². The Morgan fingerprint density at radius 1 is 1.03 bits per heavy atom. The number of hydrogen-bond acceptors (Lipinski definition) is 8. The number of fused-ring (bicyclic) bond motifs is 1. The summed E-state index contributed by atoms with van der Waals surface area (Å²) in [6.45, 7) is 3.87. The maximum Gasteiger partial charge on any atom is 0.307 e. The van der Waals surface area contributed by atoms with E-state index >= 15 is 0 Å². The number of amides is 1. The first-order valence-corrected chi connectivity index (χ1v) is 14.6. The second-order valence-corrected chi connectivity index (χ2v) is 12.3. The molecular weight excluding hydrogens is 514 g/mol. The maximum atomic E-state index is 12.6. The molecule has 0 aliphatic carbocycles. The van der Waals surface area contributed by atoms with Crippen LogP contribution in [0.25, 0.3) is 10.2 Å². The number of ether oxygens (including phenoxy) is 1. The lowest BCUT2D eigenvalue weighted by atomic mass is 10.2. The van der Waals surface area contributed by atoms with Gasteiger partial charge in [-0.1, -0.05) is 29.0 Å². The lowest BCUT2D eigenvalue weighted by Crippen LogP contribution is -2.20. The number of esters is 1. The summed E-state index contributed by atoms with van der Waals surface area (Å²) in [5.41, 5.74) is 1.46. The number of sulfonamides is 1. The van der Waals surface area contributed by atoms with E-state index in [0.29, 0.717) is 10.2 Å². The second kappa shape index (κ2) is 10.8. The lowest BCUT2D eigenvalue weighted by Gasteiger charge is -2.06. The van der Waals surface area contributed by atoms with E-state index in [0.717, 1.165) is 16.9 Å². The van der Waals surface area contributed by atoms with Crippen LogP contribution in [0.5, 0.6) is 0 Å². The normalized spacial score (nSPS) is 12.7. The molecule has 3 aromatic rings. The number of carbonyl (C=O) groups is 2. The molecule has 2 N–H and O–H groups in total. The highest BCUT2D eigenvalue weighted by Crippen LogP contribution is 2.22. The molecule has 0 saturated heterocycles. The SMILES string of the molecule is CCOC(=O)CCn1c(=NC(=O)CCS(=O)(=O)c2ccc(C)cc2)sc2cc(S(N)(=O)=O)ccc21. The van der Waals surface area contributed by atoms with Crippen molar-refractivity contribution in [1.82, 2.24) is 4.57 Å². The van der Waals surface area contributed by atoms with Crippen molar-refractivity contribution in [3.05, 3.63) is 52.8 Å². The van der Waals surface area contributed by atoms with Crippen molar-refractivity contribution in [2.45, 2.75) is 43.0 Å². The Morgan fingerprint density at radius 3 is 2.31 bits per heavy atom. The van der Waals surface area contributed by atoms with Gasteiger partial charge in [-0.2, -0.15) is 4.99 Å². The first-order chi connectivity index (χ1) is 16.4. The number of aromatic nitrogens is 1. The van der Waals surface area contributed by atoms with Gasteiger partial charge in [0.05, 0.1) is 38.8 Å². The van der Waals surface area contributed by atoms with Gasteiger partial charge in [0.25, 0.3) is 0 Å². The van der Waals surface area contributed by atoms with Crippen LogP contribution in [0, 0.1) is 6.92 Å². The van der Waals surface area contributed by atoms with E-state index in [-0.39, 0.29) is 40.6 Å². The van der Waals surface area contributed by atoms with Crippen molar-refractivity contribution in [2.24, 2.45) is 10.1 Å². The number of thiazole rings is 1. The molecule has 0 saturated carbocycles. The van der Waals surface area contributed by atoms with E-state index in [2.05, 4.69) is 4.99 Å². The van der Waals surface area contributed by atoms with Crippen LogP contribution in [-0.2, 0) is 40.7 Å². The predicted molar refractivity (Wildman–Crippen MR) is 131 cm³/mol. The first kappa shape index (κ1) is 26.7. The Bertz CT molecular complexity index is 1540. The van der Waals surface area contributed by atoms with Gasteiger partial charge in [0.1, 0.15) is 0 Å². The molecule has 1 amide bonds. The Hall–Kier alpha value is -2.87. The van der Waals surface area contributed by atoms with Gasteiger partial charge in [0.15, 0.2) is 14.6 Å². The van der Waals surface area contributed by atoms with E-state index in [1.807, 2.05) is 6.92 Å². The molecule has 10 nitrogen and oxygen atoms in total. The molecule has 13 heteroatoms. The van der Waals surface area contributed by atoms with E-state index in [9.17, 15) is 26.4 Å². The van der Waals surface area contributed by atoms with E-state index in [1.54, 1.807) is 23.6 Å². The van der Waals surface area contributed by atoms with Crippen LogP contribution in [0.3, 0.4) is 0 Å². The summed E-state index contributed by atoms with van der Waals surface area (Å²) in [5.74, 6) is -1.52. The Balaban J connectivity index is 1.92. The molecule has 1 heterocycles. The van der Waals surface area contributed by atoms with Gasteiger partial charge >= 0.3 is 5.97 Å². The average Bonchev–Trinajstić information content (AvgIpc) is 3.12. The van der Waals surface area contributed by atoms with Crippen molar-refractivity contribution in [3.63, 3.8) is 0 Å². The number of primary sulfonamides is 1. The van der Waals surface area contributed by atoms with Crippen molar-refractivity contribution >= 4 is 53.3 Å². The van der Waals surface area contributed by atoms with Crippen LogP contribution in [0.4, 0.5) is 0 Å². The molecule has 0 atom stereocenters. The number of aryl methyl sites for hydroxylation is 2. The topological polar surface area (TPSA) is 155 Å². The minimum absolute atomic E-state index is 0.000206. The summed E-state index contributed by atoms with van der Waals surface area (Å²) in [7, 11) is -7.62. The molecule has 0 unspecified atom stereocenters. The van der Waals surface area contributed by atoms with Gasteiger partial charge in [0, 0.05) is 13.0 Å². The Labute approximate surface area is 207 Å². The van der Waals surface area contributed by atoms with Gasteiger partial charge in [0.2, 0.25) is 15.9 Å². The minimum Gasteiger partial charge on any atom is -0.466 e. The molecule has 0 radical (unpaired) electrons. The summed E-state index contributed by atoms with van der Waals surface area (Å²) >= 11 is 1.03. The van der Waals surface area contributed by atoms with E-state index in [1.165, 1.54) is 30.3 Å². The zero-order valence-electron chi connectivity index (χ0n) is 19.1. The van der Waals surface area contributed by atoms with Gasteiger partial charge in [-0.05, 0) is 44.2 Å². The number of carbonyl (C=O) groups excluding carboxylic acids is 2. The molecule has 1 aromatic heterocycles. The van der Waals surface area contributed by atoms with Crippen molar-refractivity contribution in [2.75, 3.05) is 12.4 Å². The third-order valence-electron chi connectivity index (χ3n) is 5.01. The third kappa shape index (κ3) is 6.84. The first-order valence-electron chi connectivity index (χ1n) is 10.6. The smallest absolute Gasteiger partial charge is 0.307 e. The second-order valence-electron chi connectivity index (χ2n) is 7.65. The van der Waals surface area contributed by atoms with Crippen molar-refractivity contribution < 1.29 is 31.2 Å². The Kier molecular flexibility index (Phi) is 8.26. The maximum absolute atomic E-state index is 12.6. The van der Waals surface area contributed by atoms with Crippen LogP contribution in [0.2, 0.25) is 0 Å². The molecule has 0 spiro atoms. The number of sulfone groups is 1. The number of benzene rings is 2. The molecule has 188 valence electrons. The van der Waals surface area contributed by atoms with Crippen molar-refractivity contribution in [3.8, 4) is 0 Å². The molecule has 0 aliphatic heterocycles. The van der Waals surface area contributed by atoms with Crippen LogP contribution in [-0.4, -0.2) is 45.6 Å². The summed E-state index contributed by atoms with van der Waals surface area (Å²) in [6, 6.07) is 10.5. The number of hydrogen-bond donors (Lipinski definition) is 1. The molecule has 3 rings (SSSR count). The summed E-state index contributed by atoms with van der Waals surface area (Å²) < 4.78 is 55.6. The highest BCUT2D eigenvalue weighted by molar-refractivity contribution is 7.91. The number of rotatable bonds is 9. The third-order valence-corrected chi connectivity index (χ3v) is 8.70. The molecule has 0 fully saturated rings. The summed E-state index contributed by atoms with van der Waals surface area (Å²) in [5, 5.41) is 5.22. The fraction of sp³-hybridized carbons (Fsp3) is 0.318. The standard InChI is InChI=1S/C22H25N3O7S3/c1-3-32-21(27)10-12-25-18-9-8-17(35(23,30)31)14-19(18)33-22(25)24-20(26)11-13-34(28,29)16-6-4-15(2)5-7-16/h4-9,14H,3,10-13H2,1-2H3,(H2,23,30,31). The van der Waals surface area contributed by atoms with Gasteiger partial charge < -0.3 is 9.30 Å². The molecule has 0 aliphatic rings. The zero-order chi connectivity index (χ0) is 25.8. The quantitative estimate of drug-likeness (QED) is 0.407. The number of nitrogens with zero attached hydrogens (tertiary/aromatic N) is 2. The predicted octanol–water partition coefficient (Wildman–Crippen LogP) is 1.90. The average molecular weight is 540 g/mol. The van der Waals surface area contributed by atoms with Gasteiger partial charge in [-0.25, -0.2) is 22.0 Å². The monoisotopic (exact) mass is 539 g/mol. The fourth-order valence-electron chi connectivity index (χ4n) is 3.22. The summed E-state index contributed by atoms with van der Waals surface area (Å²) in [6.07, 6.45) is -0.343. The highest BCUT2D eigenvalue weighted by Gasteiger charge is 2.18. The van der Waals surface area contributed by atoms with E-state index < -0.39 is 37.5 Å². The fourth-order valence-corrected chi connectivity index (χ4v) is 6.17. The molecule has 35 heavy (non-hydrogen) atoms. The molecule has 2 aromatic carbocycles. The van der Waals surface area contributed by atoms with Crippen molar-refractivity contribution in [1.29, 1.82) is 0 Å². The largest absolute Gasteiger partial charge is 0.466 e. The van der Waals surface area contributed by atoms with E-state index in [4.69, 9.17) is 9.88 Å². The van der Waals surface area contributed by atoms with Crippen LogP contribution < -0.4 is 9.94 Å². The highest BCUT2D eigenvalue weighted by atomic mass is 32.2.